The minimum absolute atomic E-state index is 0.00160. The second-order valence-corrected chi connectivity index (χ2v) is 8.94. The molecule has 1 unspecified atom stereocenters. The van der Waals surface area contributed by atoms with Crippen LogP contribution in [-0.2, 0) is 5.67 Å². The molecule has 2 aromatic carbocycles. The van der Waals surface area contributed by atoms with Gasteiger partial charge < -0.3 is 15.3 Å². The third-order valence-electron chi connectivity index (χ3n) is 4.72. The Balaban J connectivity index is 2.14. The number of ether oxygens (including phenoxy) is 1. The van der Waals surface area contributed by atoms with Crippen molar-refractivity contribution in [2.75, 3.05) is 5.32 Å². The van der Waals surface area contributed by atoms with Gasteiger partial charge in [0.15, 0.2) is 11.9 Å². The van der Waals surface area contributed by atoms with E-state index < -0.39 is 50.4 Å². The number of halogens is 11. The molecule has 0 bridgehead atoms. The lowest BCUT2D eigenvalue weighted by Crippen LogP contribution is -2.49. The molecule has 1 amide bonds. The van der Waals surface area contributed by atoms with Crippen molar-refractivity contribution in [1.82, 2.24) is 0 Å². The molecule has 0 spiro atoms. The monoisotopic (exact) mass is 654 g/mol. The summed E-state index contributed by atoms with van der Waals surface area (Å²) in [5, 5.41) is 14.2. The lowest BCUT2D eigenvalue weighted by molar-refractivity contribution is -0.577. The predicted molar refractivity (Wildman–Crippen MR) is 114 cm³/mol. The maximum absolute atomic E-state index is 14.8. The zero-order chi connectivity index (χ0) is 27.3. The molecule has 1 N–H and O–H groups in total. The van der Waals surface area contributed by atoms with Gasteiger partial charge in [0.05, 0.1) is 5.69 Å². The molecule has 0 radical (unpaired) electrons. The second kappa shape index (κ2) is 9.28. The number of anilines is 1. The molecule has 1 atom stereocenters. The smallest absolute Gasteiger partial charge is 0.573 e. The number of hydrogen-bond donors (Lipinski definition) is 1. The van der Waals surface area contributed by atoms with Gasteiger partial charge in [-0.1, -0.05) is 0 Å². The van der Waals surface area contributed by atoms with Crippen molar-refractivity contribution in [2.45, 2.75) is 23.0 Å². The Morgan fingerprint density at radius 1 is 0.972 bits per heavy atom. The summed E-state index contributed by atoms with van der Waals surface area (Å²) < 4.78 is 124. The fraction of sp³-hybridized carbons (Fsp3) is 0.200. The number of nitrogens with one attached hydrogen (secondary N) is 1. The molecule has 1 aromatic heterocycles. The molecule has 36 heavy (non-hydrogen) atoms. The van der Waals surface area contributed by atoms with Crippen molar-refractivity contribution in [3.8, 4) is 5.75 Å². The summed E-state index contributed by atoms with van der Waals surface area (Å²) in [6.07, 6.45) is -10.8. The highest BCUT2D eigenvalue weighted by molar-refractivity contribution is 9.10. The van der Waals surface area contributed by atoms with Gasteiger partial charge in [-0.05, 0) is 62.2 Å². The first-order chi connectivity index (χ1) is 16.3. The van der Waals surface area contributed by atoms with Crippen molar-refractivity contribution in [3.63, 3.8) is 0 Å². The van der Waals surface area contributed by atoms with Crippen molar-refractivity contribution < 1.29 is 53.8 Å². The van der Waals surface area contributed by atoms with E-state index in [4.69, 9.17) is 0 Å². The molecule has 0 aliphatic rings. The zero-order valence-corrected chi connectivity index (χ0v) is 20.1. The Labute approximate surface area is 211 Å². The highest BCUT2D eigenvalue weighted by Crippen LogP contribution is 2.56. The van der Waals surface area contributed by atoms with E-state index in [0.717, 1.165) is 12.3 Å². The Morgan fingerprint density at radius 2 is 1.61 bits per heavy atom. The summed E-state index contributed by atoms with van der Waals surface area (Å²) in [7, 11) is 0. The number of benzene rings is 2. The Hall–Kier alpha value is -2.75. The quantitative estimate of drug-likeness (QED) is 0.138. The number of fused-ring (bicyclic) bond motifs is 1. The SMILES string of the molecule is O=C(Nc1c(Br)cc(C(F)(C(F)(F)F)C(F)(F)Br)cc1OC(F)(F)F)c1ccc2ccc[n+]([O-])c2c1. The fourth-order valence-corrected chi connectivity index (χ4v) is 4.10. The van der Waals surface area contributed by atoms with Crippen molar-refractivity contribution in [2.24, 2.45) is 0 Å². The van der Waals surface area contributed by atoms with Gasteiger partial charge in [-0.2, -0.15) is 26.7 Å². The first-order valence-electron chi connectivity index (χ1n) is 9.20. The summed E-state index contributed by atoms with van der Waals surface area (Å²) >= 11 is 3.87. The highest BCUT2D eigenvalue weighted by atomic mass is 79.9. The van der Waals surface area contributed by atoms with E-state index in [9.17, 15) is 49.5 Å². The molecule has 1 heterocycles. The van der Waals surface area contributed by atoms with Gasteiger partial charge in [0, 0.05) is 33.1 Å². The van der Waals surface area contributed by atoms with Crippen LogP contribution < -0.4 is 14.8 Å². The summed E-state index contributed by atoms with van der Waals surface area (Å²) in [5.41, 5.74) is -8.67. The van der Waals surface area contributed by atoms with Crippen LogP contribution in [0, 0.1) is 5.21 Å². The van der Waals surface area contributed by atoms with Gasteiger partial charge in [0.1, 0.15) is 0 Å². The third kappa shape index (κ3) is 5.33. The summed E-state index contributed by atoms with van der Waals surface area (Å²) in [4.78, 5) is 7.37. The lowest BCUT2D eigenvalue weighted by atomic mass is 9.94. The number of aromatic nitrogens is 1. The van der Waals surface area contributed by atoms with Crippen LogP contribution in [0.5, 0.6) is 5.75 Å². The predicted octanol–water partition coefficient (Wildman–Crippen LogP) is 7.10. The maximum Gasteiger partial charge on any atom is 0.573 e. The van der Waals surface area contributed by atoms with Crippen molar-refractivity contribution >= 4 is 54.4 Å². The molecule has 0 fully saturated rings. The van der Waals surface area contributed by atoms with Crippen LogP contribution in [-0.4, -0.2) is 23.3 Å². The van der Waals surface area contributed by atoms with E-state index in [1.807, 2.05) is 5.32 Å². The normalized spacial score (nSPS) is 14.4. The van der Waals surface area contributed by atoms with E-state index in [1.54, 1.807) is 0 Å². The van der Waals surface area contributed by atoms with E-state index in [-0.39, 0.29) is 23.2 Å². The average molecular weight is 656 g/mol. The molecule has 3 rings (SSSR count). The van der Waals surface area contributed by atoms with Crippen LogP contribution in [0.2, 0.25) is 0 Å². The number of amides is 1. The first-order valence-corrected chi connectivity index (χ1v) is 10.8. The van der Waals surface area contributed by atoms with Crippen molar-refractivity contribution in [1.29, 1.82) is 0 Å². The van der Waals surface area contributed by atoms with Crippen LogP contribution in [0.3, 0.4) is 0 Å². The Morgan fingerprint density at radius 3 is 2.17 bits per heavy atom. The molecule has 3 aromatic rings. The van der Waals surface area contributed by atoms with E-state index >= 15 is 0 Å². The fourth-order valence-electron chi connectivity index (χ4n) is 3.10. The number of carbonyl (C=O) groups excluding carboxylic acids is 1. The maximum atomic E-state index is 14.8. The van der Waals surface area contributed by atoms with Gasteiger partial charge in [-0.15, -0.1) is 13.2 Å². The Bertz CT molecular complexity index is 1310. The van der Waals surface area contributed by atoms with Gasteiger partial charge in [-0.25, -0.2) is 4.39 Å². The average Bonchev–Trinajstić information content (AvgIpc) is 2.72. The number of hydrogen-bond acceptors (Lipinski definition) is 3. The minimum Gasteiger partial charge on any atom is -0.618 e. The van der Waals surface area contributed by atoms with E-state index in [2.05, 4.69) is 20.7 Å². The molecule has 0 saturated carbocycles. The van der Waals surface area contributed by atoms with E-state index in [1.165, 1.54) is 40.2 Å². The lowest BCUT2D eigenvalue weighted by Gasteiger charge is -2.32. The molecule has 5 nitrogen and oxygen atoms in total. The van der Waals surface area contributed by atoms with Gasteiger partial charge in [-0.3, -0.25) is 4.79 Å². The Kier molecular flexibility index (Phi) is 7.18. The van der Waals surface area contributed by atoms with Crippen LogP contribution in [0.1, 0.15) is 15.9 Å². The largest absolute Gasteiger partial charge is 0.618 e. The summed E-state index contributed by atoms with van der Waals surface area (Å²) in [5.74, 6) is -2.78. The van der Waals surface area contributed by atoms with Crippen molar-refractivity contribution in [3.05, 3.63) is 69.5 Å². The molecular weight excluding hydrogens is 647 g/mol. The van der Waals surface area contributed by atoms with Crippen LogP contribution in [0.15, 0.2) is 53.1 Å². The number of alkyl halides is 10. The molecule has 194 valence electrons. The van der Waals surface area contributed by atoms with Crippen LogP contribution in [0.25, 0.3) is 10.9 Å². The van der Waals surface area contributed by atoms with Gasteiger partial charge in [0.25, 0.3) is 5.91 Å². The number of rotatable bonds is 5. The summed E-state index contributed by atoms with van der Waals surface area (Å²) in [6, 6.07) is 6.40. The topological polar surface area (TPSA) is 65.3 Å². The number of nitrogens with zero attached hydrogens (tertiary/aromatic N) is 1. The number of carbonyl (C=O) groups is 1. The minimum atomic E-state index is -6.29. The molecule has 16 heteroatoms. The van der Waals surface area contributed by atoms with Gasteiger partial charge >= 0.3 is 23.0 Å². The third-order valence-corrected chi connectivity index (χ3v) is 5.90. The molecular formula is C20H9Br2F9N2O3. The van der Waals surface area contributed by atoms with E-state index in [0.29, 0.717) is 10.1 Å². The molecule has 0 saturated heterocycles. The summed E-state index contributed by atoms with van der Waals surface area (Å²) in [6.45, 7) is 0. The van der Waals surface area contributed by atoms with Crippen LogP contribution >= 0.6 is 31.9 Å². The molecule has 0 aliphatic heterocycles. The zero-order valence-electron chi connectivity index (χ0n) is 16.9. The van der Waals surface area contributed by atoms with Gasteiger partial charge in [0.2, 0.25) is 5.52 Å². The standard InChI is InChI=1S/C20H9Br2F9N2O3/c21-12-7-11(17(23,18(22,24)25)19(26,27)28)8-14(36-20(29,30)31)15(12)32-16(34)10-4-3-9-2-1-5-33(35)13(9)6-10/h1-8H,(H,32,34). The number of pyridine rings is 1. The highest BCUT2D eigenvalue weighted by Gasteiger charge is 2.71. The van der Waals surface area contributed by atoms with Crippen LogP contribution in [0.4, 0.5) is 45.2 Å². The molecule has 0 aliphatic carbocycles. The first kappa shape index (κ1) is 27.8. The second-order valence-electron chi connectivity index (χ2n) is 7.09.